The van der Waals surface area contributed by atoms with Gasteiger partial charge in [-0.25, -0.2) is 9.98 Å². The standard InChI is InChI=1S/C36H45N9O/c1-6-38-31-21-39-35(45-17-13-25(14-18-45)22-44-15-7-8-16-44)43-32(31)33(37)42-30-19-26(10-9-23(30)2)34(46)41-27-11-12-29-28(20-27)36(4,5)24(3)40-29/h6,9-12,19-21,25,42H,1,7-8,13-18,22,37H2,2-5H3,(H,41,46)/b33-32-,38-31-. The van der Waals surface area contributed by atoms with Gasteiger partial charge >= 0.3 is 0 Å². The normalized spacial score (nSPS) is 21.6. The van der Waals surface area contributed by atoms with Crippen LogP contribution >= 0.6 is 0 Å². The number of aryl methyl sites for hydroxylation is 1. The van der Waals surface area contributed by atoms with Crippen molar-refractivity contribution in [2.75, 3.05) is 43.4 Å². The van der Waals surface area contributed by atoms with Crippen LogP contribution in [0.1, 0.15) is 67.9 Å². The number of aliphatic imine (C=N–C) groups is 4. The van der Waals surface area contributed by atoms with Crippen LogP contribution < -0.4 is 16.4 Å². The zero-order valence-corrected chi connectivity index (χ0v) is 27.4. The molecule has 2 fully saturated rings. The predicted molar refractivity (Wildman–Crippen MR) is 190 cm³/mol. The Hall–Kier alpha value is -4.57. The number of allylic oxidation sites excluding steroid dienone is 1. The number of piperidine rings is 1. The van der Waals surface area contributed by atoms with Gasteiger partial charge in [-0.1, -0.05) is 26.5 Å². The third kappa shape index (κ3) is 6.53. The molecule has 4 heterocycles. The van der Waals surface area contributed by atoms with Crippen molar-refractivity contribution in [3.05, 3.63) is 77.4 Å². The molecule has 2 saturated heterocycles. The summed E-state index contributed by atoms with van der Waals surface area (Å²) in [5.74, 6) is 1.47. The molecule has 0 spiro atoms. The van der Waals surface area contributed by atoms with Crippen molar-refractivity contribution in [3.63, 3.8) is 0 Å². The van der Waals surface area contributed by atoms with Crippen LogP contribution in [0.5, 0.6) is 0 Å². The smallest absolute Gasteiger partial charge is 0.255 e. The Morgan fingerprint density at radius 2 is 1.83 bits per heavy atom. The average Bonchev–Trinajstić information content (AvgIpc) is 3.64. The highest BCUT2D eigenvalue weighted by Gasteiger charge is 2.32. The molecule has 0 atom stereocenters. The minimum Gasteiger partial charge on any atom is -0.383 e. The van der Waals surface area contributed by atoms with Crippen molar-refractivity contribution in [1.29, 1.82) is 0 Å². The minimum atomic E-state index is -0.213. The number of anilines is 2. The van der Waals surface area contributed by atoms with E-state index in [4.69, 9.17) is 10.7 Å². The molecule has 4 aliphatic rings. The molecule has 0 radical (unpaired) electrons. The number of fused-ring (bicyclic) bond motifs is 1. The van der Waals surface area contributed by atoms with Crippen molar-refractivity contribution in [3.8, 4) is 0 Å². The molecule has 10 nitrogen and oxygen atoms in total. The fourth-order valence-electron chi connectivity index (χ4n) is 6.59. The van der Waals surface area contributed by atoms with Gasteiger partial charge < -0.3 is 26.2 Å². The SMILES string of the molecule is C=C/N=C1/C=NC(N2CCC(CN3CCCC3)CC2)=N/C1=C(/N)Nc1cc(C(=O)Nc2ccc3c(c2)C(C)(C)C(C)=N3)ccc1C. The number of hydrogen-bond donors (Lipinski definition) is 3. The van der Waals surface area contributed by atoms with Crippen LogP contribution in [0.4, 0.5) is 17.1 Å². The molecule has 2 aromatic rings. The second-order valence-corrected chi connectivity index (χ2v) is 13.2. The van der Waals surface area contributed by atoms with Gasteiger partial charge in [-0.05, 0) is 100.0 Å². The topological polar surface area (TPSA) is 123 Å². The number of hydrogen-bond acceptors (Lipinski definition) is 9. The molecule has 0 saturated carbocycles. The van der Waals surface area contributed by atoms with Crippen LogP contribution in [0.3, 0.4) is 0 Å². The quantitative estimate of drug-likeness (QED) is 0.351. The lowest BCUT2D eigenvalue weighted by atomic mass is 9.82. The van der Waals surface area contributed by atoms with E-state index >= 15 is 0 Å². The lowest BCUT2D eigenvalue weighted by Crippen LogP contribution is -2.41. The Balaban J connectivity index is 1.17. The van der Waals surface area contributed by atoms with Gasteiger partial charge in [0.1, 0.15) is 17.2 Å². The molecule has 2 aromatic carbocycles. The third-order valence-corrected chi connectivity index (χ3v) is 9.74. The molecule has 0 aromatic heterocycles. The number of nitrogens with two attached hydrogens (primary N) is 1. The summed E-state index contributed by atoms with van der Waals surface area (Å²) in [6.45, 7) is 17.5. The first-order chi connectivity index (χ1) is 22.1. The Labute approximate surface area is 272 Å². The van der Waals surface area contributed by atoms with Crippen LogP contribution in [0, 0.1) is 12.8 Å². The average molecular weight is 620 g/mol. The van der Waals surface area contributed by atoms with E-state index in [2.05, 4.69) is 55.8 Å². The van der Waals surface area contributed by atoms with Gasteiger partial charge in [0, 0.05) is 53.9 Å². The van der Waals surface area contributed by atoms with E-state index in [1.54, 1.807) is 12.3 Å². The first-order valence-electron chi connectivity index (χ1n) is 16.3. The van der Waals surface area contributed by atoms with Gasteiger partial charge in [0.05, 0.1) is 11.9 Å². The largest absolute Gasteiger partial charge is 0.383 e. The highest BCUT2D eigenvalue weighted by Crippen LogP contribution is 2.41. The zero-order valence-electron chi connectivity index (χ0n) is 27.4. The zero-order chi connectivity index (χ0) is 32.4. The fraction of sp³-hybridized carbons (Fsp3) is 0.417. The van der Waals surface area contributed by atoms with E-state index in [1.807, 2.05) is 44.2 Å². The number of nitrogens with one attached hydrogen (secondary N) is 2. The van der Waals surface area contributed by atoms with Gasteiger partial charge in [-0.15, -0.1) is 0 Å². The highest BCUT2D eigenvalue weighted by molar-refractivity contribution is 6.41. The minimum absolute atomic E-state index is 0.175. The lowest BCUT2D eigenvalue weighted by Gasteiger charge is -2.35. The Bertz CT molecular complexity index is 1680. The number of rotatable bonds is 7. The van der Waals surface area contributed by atoms with Gasteiger partial charge in [-0.3, -0.25) is 14.8 Å². The van der Waals surface area contributed by atoms with E-state index < -0.39 is 0 Å². The number of amides is 1. The first-order valence-corrected chi connectivity index (χ1v) is 16.3. The van der Waals surface area contributed by atoms with Crippen LogP contribution in [0.2, 0.25) is 0 Å². The van der Waals surface area contributed by atoms with Crippen molar-refractivity contribution < 1.29 is 4.79 Å². The van der Waals surface area contributed by atoms with Crippen LogP contribution in [-0.4, -0.2) is 72.0 Å². The summed E-state index contributed by atoms with van der Waals surface area (Å²) < 4.78 is 0. The summed E-state index contributed by atoms with van der Waals surface area (Å²) in [6, 6.07) is 11.4. The molecular weight excluding hydrogens is 574 g/mol. The van der Waals surface area contributed by atoms with Gasteiger partial charge in [-0.2, -0.15) is 0 Å². The summed E-state index contributed by atoms with van der Waals surface area (Å²) in [5.41, 5.74) is 13.5. The summed E-state index contributed by atoms with van der Waals surface area (Å²) in [4.78, 5) is 36.8. The molecule has 0 bridgehead atoms. The molecule has 4 N–H and O–H groups in total. The Morgan fingerprint density at radius 1 is 1.07 bits per heavy atom. The summed E-state index contributed by atoms with van der Waals surface area (Å²) >= 11 is 0. The van der Waals surface area contributed by atoms with Crippen molar-refractivity contribution in [2.45, 2.75) is 58.8 Å². The second-order valence-electron chi connectivity index (χ2n) is 13.2. The van der Waals surface area contributed by atoms with Crippen LogP contribution in [0.25, 0.3) is 0 Å². The summed E-state index contributed by atoms with van der Waals surface area (Å²) in [6.07, 6.45) is 8.05. The second kappa shape index (κ2) is 13.0. The molecule has 46 heavy (non-hydrogen) atoms. The first kappa shape index (κ1) is 31.4. The molecule has 1 amide bonds. The number of guanidine groups is 1. The fourth-order valence-corrected chi connectivity index (χ4v) is 6.59. The maximum absolute atomic E-state index is 13.4. The van der Waals surface area contributed by atoms with E-state index in [9.17, 15) is 4.79 Å². The molecule has 10 heteroatoms. The number of carbonyl (C=O) groups is 1. The maximum atomic E-state index is 13.4. The van der Waals surface area contributed by atoms with E-state index in [1.165, 1.54) is 38.7 Å². The van der Waals surface area contributed by atoms with E-state index in [-0.39, 0.29) is 11.3 Å². The monoisotopic (exact) mass is 619 g/mol. The van der Waals surface area contributed by atoms with Crippen LogP contribution in [-0.2, 0) is 5.41 Å². The molecule has 4 aliphatic heterocycles. The summed E-state index contributed by atoms with van der Waals surface area (Å²) in [5, 5.41) is 6.36. The Morgan fingerprint density at radius 3 is 2.57 bits per heavy atom. The van der Waals surface area contributed by atoms with Crippen LogP contribution in [0.15, 0.2) is 80.7 Å². The van der Waals surface area contributed by atoms with Crippen molar-refractivity contribution in [1.82, 2.24) is 9.80 Å². The number of nitrogens with zero attached hydrogens (tertiary/aromatic N) is 6. The Kier molecular flexibility index (Phi) is 8.90. The molecule has 6 rings (SSSR count). The number of benzene rings is 2. The van der Waals surface area contributed by atoms with E-state index in [0.717, 1.165) is 54.1 Å². The van der Waals surface area contributed by atoms with Gasteiger partial charge in [0.2, 0.25) is 5.96 Å². The molecule has 0 unspecified atom stereocenters. The highest BCUT2D eigenvalue weighted by atomic mass is 16.1. The van der Waals surface area contributed by atoms with Crippen molar-refractivity contribution in [2.24, 2.45) is 31.6 Å². The molecule has 240 valence electrons. The number of carbonyl (C=O) groups excluding carboxylic acids is 1. The van der Waals surface area contributed by atoms with Gasteiger partial charge in [0.25, 0.3) is 5.91 Å². The predicted octanol–water partition coefficient (Wildman–Crippen LogP) is 6.00. The lowest BCUT2D eigenvalue weighted by molar-refractivity contribution is 0.102. The van der Waals surface area contributed by atoms with E-state index in [0.29, 0.717) is 40.4 Å². The van der Waals surface area contributed by atoms with Crippen molar-refractivity contribution >= 4 is 46.6 Å². The third-order valence-electron chi connectivity index (χ3n) is 9.74. The summed E-state index contributed by atoms with van der Waals surface area (Å²) in [7, 11) is 0. The van der Waals surface area contributed by atoms with Gasteiger partial charge in [0.15, 0.2) is 0 Å². The molecular formula is C36H45N9O. The molecule has 0 aliphatic carbocycles. The number of likely N-dealkylation sites (tertiary alicyclic amines) is 2. The maximum Gasteiger partial charge on any atom is 0.255 e.